The molecule has 0 bridgehead atoms. The van der Waals surface area contributed by atoms with Gasteiger partial charge in [-0.3, -0.25) is 9.59 Å². The fraction of sp³-hybridized carbons (Fsp3) is 0.556. The van der Waals surface area contributed by atoms with Gasteiger partial charge in [-0.15, -0.1) is 12.4 Å². The van der Waals surface area contributed by atoms with Crippen LogP contribution in [-0.2, 0) is 4.79 Å². The molecule has 1 unspecified atom stereocenters. The Kier molecular flexibility index (Phi) is 9.42. The second-order valence-corrected chi connectivity index (χ2v) is 6.05. The number of rotatable bonds is 8. The van der Waals surface area contributed by atoms with Crippen molar-refractivity contribution in [2.75, 3.05) is 26.2 Å². The molecule has 0 saturated carbocycles. The summed E-state index contributed by atoms with van der Waals surface area (Å²) in [4.78, 5) is 23.0. The second kappa shape index (κ2) is 11.0. The van der Waals surface area contributed by atoms with Gasteiger partial charge in [0.05, 0.1) is 6.61 Å². The summed E-state index contributed by atoms with van der Waals surface area (Å²) in [6.45, 7) is 4.89. The van der Waals surface area contributed by atoms with Crippen molar-refractivity contribution in [3.8, 4) is 5.75 Å². The van der Waals surface area contributed by atoms with Crippen LogP contribution in [0.25, 0.3) is 0 Å². The maximum Gasteiger partial charge on any atom is 0.220 e. The number of ether oxygens (including phenoxy) is 1. The third-order valence-electron chi connectivity index (χ3n) is 4.06. The van der Waals surface area contributed by atoms with E-state index in [4.69, 9.17) is 4.74 Å². The predicted octanol–water partition coefficient (Wildman–Crippen LogP) is 2.59. The smallest absolute Gasteiger partial charge is 0.220 e. The number of amides is 1. The van der Waals surface area contributed by atoms with E-state index in [2.05, 4.69) is 10.6 Å². The first-order chi connectivity index (χ1) is 11.1. The average Bonchev–Trinajstić information content (AvgIpc) is 2.58. The zero-order valence-electron chi connectivity index (χ0n) is 14.2. The summed E-state index contributed by atoms with van der Waals surface area (Å²) in [5, 5.41) is 6.35. The molecule has 1 aromatic rings. The Balaban J connectivity index is 0.00000288. The van der Waals surface area contributed by atoms with E-state index in [0.717, 1.165) is 25.4 Å². The van der Waals surface area contributed by atoms with Crippen LogP contribution in [0, 0.1) is 5.92 Å². The summed E-state index contributed by atoms with van der Waals surface area (Å²) >= 11 is 0. The Hall–Kier alpha value is -1.59. The van der Waals surface area contributed by atoms with Crippen molar-refractivity contribution < 1.29 is 14.3 Å². The molecular formula is C18H27ClN2O3. The minimum Gasteiger partial charge on any atom is -0.494 e. The first kappa shape index (κ1) is 20.5. The van der Waals surface area contributed by atoms with E-state index < -0.39 is 0 Å². The minimum absolute atomic E-state index is 0. The molecule has 1 aliphatic heterocycles. The van der Waals surface area contributed by atoms with Gasteiger partial charge in [-0.1, -0.05) is 0 Å². The van der Waals surface area contributed by atoms with Crippen LogP contribution < -0.4 is 15.4 Å². The maximum absolute atomic E-state index is 11.8. The molecule has 1 aromatic carbocycles. The Morgan fingerprint density at radius 3 is 2.67 bits per heavy atom. The van der Waals surface area contributed by atoms with E-state index in [-0.39, 0.29) is 24.1 Å². The summed E-state index contributed by atoms with van der Waals surface area (Å²) in [6, 6.07) is 7.07. The fourth-order valence-electron chi connectivity index (χ4n) is 2.65. The third-order valence-corrected chi connectivity index (χ3v) is 4.06. The van der Waals surface area contributed by atoms with Gasteiger partial charge in [0.25, 0.3) is 0 Å². The molecule has 1 saturated heterocycles. The van der Waals surface area contributed by atoms with Crippen LogP contribution in [0.5, 0.6) is 5.75 Å². The summed E-state index contributed by atoms with van der Waals surface area (Å²) in [5.41, 5.74) is 0.675. The van der Waals surface area contributed by atoms with Crippen molar-refractivity contribution in [1.82, 2.24) is 10.6 Å². The van der Waals surface area contributed by atoms with Gasteiger partial charge in [-0.05, 0) is 69.5 Å². The zero-order chi connectivity index (χ0) is 16.5. The van der Waals surface area contributed by atoms with Crippen LogP contribution in [0.2, 0.25) is 0 Å². The van der Waals surface area contributed by atoms with Gasteiger partial charge in [0.2, 0.25) is 5.91 Å². The highest BCUT2D eigenvalue weighted by Crippen LogP contribution is 2.13. The number of carbonyl (C=O) groups is 2. The molecular weight excluding hydrogens is 328 g/mol. The summed E-state index contributed by atoms with van der Waals surface area (Å²) in [7, 11) is 0. The quantitative estimate of drug-likeness (QED) is 0.556. The number of ketones is 1. The summed E-state index contributed by atoms with van der Waals surface area (Å²) < 4.78 is 5.58. The molecule has 134 valence electrons. The van der Waals surface area contributed by atoms with Crippen molar-refractivity contribution >= 4 is 24.1 Å². The Morgan fingerprint density at radius 2 is 2.04 bits per heavy atom. The van der Waals surface area contributed by atoms with Crippen molar-refractivity contribution in [3.63, 3.8) is 0 Å². The molecule has 6 heteroatoms. The highest BCUT2D eigenvalue weighted by atomic mass is 35.5. The Morgan fingerprint density at radius 1 is 1.29 bits per heavy atom. The molecule has 1 amide bonds. The first-order valence-electron chi connectivity index (χ1n) is 8.36. The molecule has 0 radical (unpaired) electrons. The number of hydrogen-bond donors (Lipinski definition) is 2. The highest BCUT2D eigenvalue weighted by Gasteiger charge is 2.13. The van der Waals surface area contributed by atoms with Crippen LogP contribution in [-0.4, -0.2) is 37.9 Å². The van der Waals surface area contributed by atoms with Gasteiger partial charge in [0.15, 0.2) is 5.78 Å². The van der Waals surface area contributed by atoms with Gasteiger partial charge in [-0.25, -0.2) is 0 Å². The van der Waals surface area contributed by atoms with Gasteiger partial charge < -0.3 is 15.4 Å². The van der Waals surface area contributed by atoms with Crippen molar-refractivity contribution in [3.05, 3.63) is 29.8 Å². The van der Waals surface area contributed by atoms with Crippen LogP contribution in [0.15, 0.2) is 24.3 Å². The van der Waals surface area contributed by atoms with Gasteiger partial charge >= 0.3 is 0 Å². The number of benzene rings is 1. The lowest BCUT2D eigenvalue weighted by Crippen LogP contribution is -2.38. The Labute approximate surface area is 149 Å². The van der Waals surface area contributed by atoms with E-state index >= 15 is 0 Å². The van der Waals surface area contributed by atoms with Crippen molar-refractivity contribution in [2.45, 2.75) is 32.6 Å². The monoisotopic (exact) mass is 354 g/mol. The van der Waals surface area contributed by atoms with E-state index in [9.17, 15) is 9.59 Å². The molecule has 0 aliphatic carbocycles. The zero-order valence-corrected chi connectivity index (χ0v) is 15.0. The standard InChI is InChI=1S/C18H26N2O3.ClH/c1-14(21)16-6-8-17(9-7-16)23-11-3-5-18(22)20-13-15-4-2-10-19-12-15;/h6-9,15,19H,2-5,10-13H2,1H3,(H,20,22);1H. The Bertz CT molecular complexity index is 514. The van der Waals surface area contributed by atoms with E-state index in [1.807, 2.05) is 0 Å². The lowest BCUT2D eigenvalue weighted by Gasteiger charge is -2.22. The van der Waals surface area contributed by atoms with Crippen LogP contribution in [0.4, 0.5) is 0 Å². The predicted molar refractivity (Wildman–Crippen MR) is 97.0 cm³/mol. The second-order valence-electron chi connectivity index (χ2n) is 6.05. The number of nitrogens with one attached hydrogen (secondary N) is 2. The van der Waals surface area contributed by atoms with E-state index in [1.54, 1.807) is 24.3 Å². The molecule has 1 atom stereocenters. The molecule has 2 rings (SSSR count). The fourth-order valence-corrected chi connectivity index (χ4v) is 2.65. The van der Waals surface area contributed by atoms with Gasteiger partial charge in [0.1, 0.15) is 5.75 Å². The molecule has 5 nitrogen and oxygen atoms in total. The number of hydrogen-bond acceptors (Lipinski definition) is 4. The highest BCUT2D eigenvalue weighted by molar-refractivity contribution is 5.94. The number of carbonyl (C=O) groups excluding carboxylic acids is 2. The average molecular weight is 355 g/mol. The largest absolute Gasteiger partial charge is 0.494 e. The molecule has 0 aromatic heterocycles. The van der Waals surface area contributed by atoms with Gasteiger partial charge in [0, 0.05) is 18.5 Å². The topological polar surface area (TPSA) is 67.4 Å². The third kappa shape index (κ3) is 7.32. The minimum atomic E-state index is 0. The van der Waals surface area contributed by atoms with Crippen molar-refractivity contribution in [2.24, 2.45) is 5.92 Å². The van der Waals surface area contributed by atoms with Crippen molar-refractivity contribution in [1.29, 1.82) is 0 Å². The summed E-state index contributed by atoms with van der Waals surface area (Å²) in [5.74, 6) is 1.42. The first-order valence-corrected chi connectivity index (χ1v) is 8.36. The van der Waals surface area contributed by atoms with Crippen LogP contribution in [0.3, 0.4) is 0 Å². The lowest BCUT2D eigenvalue weighted by molar-refractivity contribution is -0.121. The number of Topliss-reactive ketones (excluding diaryl/α,β-unsaturated/α-hetero) is 1. The SMILES string of the molecule is CC(=O)c1ccc(OCCCC(=O)NCC2CCCNC2)cc1.Cl. The molecule has 24 heavy (non-hydrogen) atoms. The van der Waals surface area contributed by atoms with Crippen LogP contribution >= 0.6 is 12.4 Å². The van der Waals surface area contributed by atoms with E-state index in [1.165, 1.54) is 19.8 Å². The van der Waals surface area contributed by atoms with E-state index in [0.29, 0.717) is 30.9 Å². The molecule has 2 N–H and O–H groups in total. The molecule has 1 fully saturated rings. The number of piperidine rings is 1. The molecule has 1 aliphatic rings. The molecule has 1 heterocycles. The van der Waals surface area contributed by atoms with Gasteiger partial charge in [-0.2, -0.15) is 0 Å². The normalized spacial score (nSPS) is 16.8. The maximum atomic E-state index is 11.8. The lowest BCUT2D eigenvalue weighted by atomic mass is 10.00. The van der Waals surface area contributed by atoms with Crippen LogP contribution in [0.1, 0.15) is 43.0 Å². The number of halogens is 1. The summed E-state index contributed by atoms with van der Waals surface area (Å²) in [6.07, 6.45) is 3.54. The molecule has 0 spiro atoms.